The summed E-state index contributed by atoms with van der Waals surface area (Å²) in [4.78, 5) is -1.48. The van der Waals surface area contributed by atoms with E-state index in [1.54, 1.807) is 0 Å². The molecule has 1 aliphatic carbocycles. The van der Waals surface area contributed by atoms with Crippen LogP contribution in [-0.2, 0) is 41.3 Å². The molecule has 1 fully saturated rings. The van der Waals surface area contributed by atoms with Gasteiger partial charge in [0.15, 0.2) is 0 Å². The van der Waals surface area contributed by atoms with Crippen LogP contribution >= 0.6 is 0 Å². The first-order valence-corrected chi connectivity index (χ1v) is 9.27. The quantitative estimate of drug-likeness (QED) is 0.518. The summed E-state index contributed by atoms with van der Waals surface area (Å²) in [6.45, 7) is 0. The molecule has 11 heteroatoms. The van der Waals surface area contributed by atoms with Crippen molar-refractivity contribution >= 4 is 20.2 Å². The van der Waals surface area contributed by atoms with Crippen LogP contribution in [0.4, 0.5) is 0 Å². The van der Waals surface area contributed by atoms with Crippen LogP contribution < -0.4 is 0 Å². The summed E-state index contributed by atoms with van der Waals surface area (Å²) in [5.74, 6) is 0. The Kier molecular flexibility index (Phi) is 9.07. The second-order valence-corrected chi connectivity index (χ2v) is 7.64. The molecule has 0 saturated heterocycles. The van der Waals surface area contributed by atoms with E-state index < -0.39 is 30.0 Å². The molecule has 1 aromatic carbocycles. The summed E-state index contributed by atoms with van der Waals surface area (Å²) in [7, 11) is -9.48. The molecule has 1 saturated carbocycles. The van der Waals surface area contributed by atoms with Gasteiger partial charge < -0.3 is 20.6 Å². The average molecular weight is 543 g/mol. The van der Waals surface area contributed by atoms with Crippen LogP contribution in [0.1, 0.15) is 25.7 Å². The SMILES string of the molecule is O=S(=O)([O-])c1cccc(S(=O)(=O)[O-])c1.[NH-]C1CCCCC1[NH-].[Pt+4]. The normalized spacial score (nSPS) is 21.6. The number of nitrogens with one attached hydrogen (secondary N) is 2. The molecule has 0 aliphatic heterocycles. The summed E-state index contributed by atoms with van der Waals surface area (Å²) in [5.41, 5.74) is 14.6. The molecule has 1 aromatic rings. The Bertz CT molecular complexity index is 651. The zero-order valence-corrected chi connectivity index (χ0v) is 15.8. The maximum atomic E-state index is 10.5. The minimum Gasteiger partial charge on any atom is -0.744 e. The van der Waals surface area contributed by atoms with Crippen molar-refractivity contribution in [2.24, 2.45) is 0 Å². The Hall–Kier alpha value is -0.352. The van der Waals surface area contributed by atoms with Gasteiger partial charge in [0.1, 0.15) is 20.2 Å². The predicted octanol–water partition coefficient (Wildman–Crippen LogP) is 1.89. The molecule has 0 spiro atoms. The van der Waals surface area contributed by atoms with Crippen molar-refractivity contribution in [2.75, 3.05) is 0 Å². The summed E-state index contributed by atoms with van der Waals surface area (Å²) >= 11 is 0. The maximum absolute atomic E-state index is 10.5. The molecule has 0 radical (unpaired) electrons. The van der Waals surface area contributed by atoms with E-state index in [9.17, 15) is 25.9 Å². The third-order valence-electron chi connectivity index (χ3n) is 3.15. The minimum atomic E-state index is -4.74. The second-order valence-electron chi connectivity index (χ2n) is 4.88. The molecule has 0 heterocycles. The van der Waals surface area contributed by atoms with Gasteiger partial charge in [-0.2, -0.15) is 12.1 Å². The van der Waals surface area contributed by atoms with Crippen molar-refractivity contribution in [2.45, 2.75) is 47.6 Å². The molecule has 0 bridgehead atoms. The van der Waals surface area contributed by atoms with Crippen molar-refractivity contribution in [3.05, 3.63) is 35.7 Å². The van der Waals surface area contributed by atoms with Crippen molar-refractivity contribution in [1.29, 1.82) is 0 Å². The third-order valence-corrected chi connectivity index (χ3v) is 4.81. The predicted molar refractivity (Wildman–Crippen MR) is 77.1 cm³/mol. The third kappa shape index (κ3) is 7.84. The van der Waals surface area contributed by atoms with E-state index in [0.29, 0.717) is 6.07 Å². The van der Waals surface area contributed by atoms with Gasteiger partial charge in [-0.1, -0.05) is 31.7 Å². The van der Waals surface area contributed by atoms with Gasteiger partial charge in [-0.15, -0.1) is 0 Å². The van der Waals surface area contributed by atoms with E-state index in [0.717, 1.165) is 31.0 Å². The molecule has 1 aliphatic rings. The van der Waals surface area contributed by atoms with Crippen molar-refractivity contribution in [3.8, 4) is 0 Å². The Balaban J connectivity index is 0.000000460. The van der Waals surface area contributed by atoms with E-state index in [2.05, 4.69) is 0 Å². The first kappa shape index (κ1) is 22.6. The van der Waals surface area contributed by atoms with Crippen LogP contribution in [0.25, 0.3) is 11.5 Å². The van der Waals surface area contributed by atoms with Gasteiger partial charge in [-0.3, -0.25) is 0 Å². The van der Waals surface area contributed by atoms with E-state index >= 15 is 0 Å². The molecule has 132 valence electrons. The van der Waals surface area contributed by atoms with E-state index in [1.165, 1.54) is 12.8 Å². The first-order chi connectivity index (χ1) is 10.0. The topological polar surface area (TPSA) is 162 Å². The Morgan fingerprint density at radius 1 is 0.870 bits per heavy atom. The number of benzene rings is 1. The maximum Gasteiger partial charge on any atom is 4.00 e. The summed E-state index contributed by atoms with van der Waals surface area (Å²) in [6, 6.07) is 3.21. The van der Waals surface area contributed by atoms with Gasteiger partial charge in [0.25, 0.3) is 0 Å². The zero-order chi connectivity index (χ0) is 17.0. The van der Waals surface area contributed by atoms with Crippen LogP contribution in [0.15, 0.2) is 34.1 Å². The largest absolute Gasteiger partial charge is 4.00 e. The monoisotopic (exact) mass is 543 g/mol. The average Bonchev–Trinajstić information content (AvgIpc) is 2.41. The first-order valence-electron chi connectivity index (χ1n) is 6.46. The molecule has 2 rings (SSSR count). The van der Waals surface area contributed by atoms with Crippen molar-refractivity contribution in [3.63, 3.8) is 0 Å². The van der Waals surface area contributed by atoms with Gasteiger partial charge in [-0.25, -0.2) is 16.8 Å². The van der Waals surface area contributed by atoms with Crippen LogP contribution in [0.3, 0.4) is 0 Å². The van der Waals surface area contributed by atoms with Gasteiger partial charge >= 0.3 is 21.1 Å². The molecule has 2 unspecified atom stereocenters. The van der Waals surface area contributed by atoms with E-state index in [1.807, 2.05) is 0 Å². The summed E-state index contributed by atoms with van der Waals surface area (Å²) in [5, 5.41) is 0. The van der Waals surface area contributed by atoms with Gasteiger partial charge in [0, 0.05) is 0 Å². The van der Waals surface area contributed by atoms with Gasteiger partial charge in [-0.05, 0) is 18.2 Å². The van der Waals surface area contributed by atoms with Crippen molar-refractivity contribution in [1.82, 2.24) is 0 Å². The van der Waals surface area contributed by atoms with Crippen LogP contribution in [0, 0.1) is 0 Å². The molecule has 2 N–H and O–H groups in total. The van der Waals surface area contributed by atoms with E-state index in [-0.39, 0.29) is 33.1 Å². The summed E-state index contributed by atoms with van der Waals surface area (Å²) in [6.07, 6.45) is 4.25. The molecule has 0 amide bonds. The number of hydrogen-bond donors (Lipinski definition) is 0. The summed E-state index contributed by atoms with van der Waals surface area (Å²) < 4.78 is 62.8. The molecule has 0 aromatic heterocycles. The fourth-order valence-electron chi connectivity index (χ4n) is 1.92. The van der Waals surface area contributed by atoms with Gasteiger partial charge in [0.05, 0.1) is 9.79 Å². The number of hydrogen-bond acceptors (Lipinski definition) is 6. The van der Waals surface area contributed by atoms with Gasteiger partial charge in [0.2, 0.25) is 0 Å². The molecular weight excluding hydrogens is 527 g/mol. The van der Waals surface area contributed by atoms with Crippen molar-refractivity contribution < 1.29 is 47.0 Å². The molecule has 23 heavy (non-hydrogen) atoms. The molecular formula is C12H16N2O6PtS2. The zero-order valence-electron chi connectivity index (χ0n) is 11.9. The van der Waals surface area contributed by atoms with Crippen LogP contribution in [0.2, 0.25) is 0 Å². The smallest absolute Gasteiger partial charge is 0.744 e. The fourth-order valence-corrected chi connectivity index (χ4v) is 3.02. The Morgan fingerprint density at radius 2 is 1.22 bits per heavy atom. The van der Waals surface area contributed by atoms with E-state index in [4.69, 9.17) is 11.5 Å². The van der Waals surface area contributed by atoms with Crippen LogP contribution in [-0.4, -0.2) is 38.0 Å². The molecule has 2 atom stereocenters. The molecule has 8 nitrogen and oxygen atoms in total. The van der Waals surface area contributed by atoms with Crippen LogP contribution in [0.5, 0.6) is 0 Å². The fraction of sp³-hybridized carbons (Fsp3) is 0.500. The Morgan fingerprint density at radius 3 is 1.48 bits per heavy atom. The minimum absolute atomic E-state index is 0. The number of rotatable bonds is 2. The standard InChI is InChI=1S/C6H12N2.C6H6O6S2.Pt/c7-5-3-1-2-4-6(5)8;7-13(8,9)5-2-1-3-6(4-5)14(10,11)12;/h5-8H,1-4H2;1-4H,(H,7,8,9)(H,10,11,12);/q-2;;+4/p-2. The second kappa shape index (κ2) is 9.21. The Labute approximate surface area is 150 Å².